The van der Waals surface area contributed by atoms with Gasteiger partial charge in [0, 0.05) is 21.2 Å². The number of ether oxygens (including phenoxy) is 1. The predicted octanol–water partition coefficient (Wildman–Crippen LogP) is -0.262. The van der Waals surface area contributed by atoms with Crippen molar-refractivity contribution in [2.24, 2.45) is 5.73 Å². The van der Waals surface area contributed by atoms with Crippen molar-refractivity contribution in [1.29, 1.82) is 0 Å². The summed E-state index contributed by atoms with van der Waals surface area (Å²) in [5.41, 5.74) is 6.40. The lowest BCUT2D eigenvalue weighted by atomic mass is 10.3. The first-order valence-electron chi connectivity index (χ1n) is 5.70. The van der Waals surface area contributed by atoms with Gasteiger partial charge in [-0.25, -0.2) is 4.98 Å². The number of anilines is 1. The molecule has 6 heteroatoms. The van der Waals surface area contributed by atoms with E-state index in [-0.39, 0.29) is 12.5 Å². The van der Waals surface area contributed by atoms with Crippen LogP contribution in [0.1, 0.15) is 5.69 Å². The van der Waals surface area contributed by atoms with Crippen molar-refractivity contribution in [2.45, 2.75) is 12.6 Å². The summed E-state index contributed by atoms with van der Waals surface area (Å²) in [6.07, 6.45) is 0. The van der Waals surface area contributed by atoms with Crippen LogP contribution in [0, 0.1) is 0 Å². The molecule has 0 aliphatic carbocycles. The average molecular weight is 252 g/mol. The lowest BCUT2D eigenvalue weighted by Crippen LogP contribution is -2.43. The SMILES string of the molecule is COCC(N)C(=O)NCc1cccc(N(C)C)n1. The van der Waals surface area contributed by atoms with Crippen LogP contribution in [0.4, 0.5) is 5.82 Å². The van der Waals surface area contributed by atoms with E-state index in [4.69, 9.17) is 10.5 Å². The zero-order valence-electron chi connectivity index (χ0n) is 11.0. The Kier molecular flexibility index (Phi) is 5.54. The average Bonchev–Trinajstić information content (AvgIpc) is 2.36. The number of pyridine rings is 1. The summed E-state index contributed by atoms with van der Waals surface area (Å²) < 4.78 is 4.82. The Labute approximate surface area is 107 Å². The summed E-state index contributed by atoms with van der Waals surface area (Å²) in [5.74, 6) is 0.608. The van der Waals surface area contributed by atoms with E-state index in [1.807, 2.05) is 37.2 Å². The Hall–Kier alpha value is -1.66. The van der Waals surface area contributed by atoms with Crippen LogP contribution in [0.15, 0.2) is 18.2 Å². The Bertz CT molecular complexity index is 395. The van der Waals surface area contributed by atoms with Crippen LogP contribution in [-0.2, 0) is 16.1 Å². The van der Waals surface area contributed by atoms with Crippen LogP contribution in [-0.4, -0.2) is 44.7 Å². The maximum atomic E-state index is 11.6. The molecule has 1 atom stereocenters. The van der Waals surface area contributed by atoms with Crippen molar-refractivity contribution in [3.8, 4) is 0 Å². The number of nitrogens with one attached hydrogen (secondary N) is 1. The lowest BCUT2D eigenvalue weighted by Gasteiger charge is -2.14. The molecular formula is C12H20N4O2. The maximum absolute atomic E-state index is 11.6. The van der Waals surface area contributed by atoms with Crippen LogP contribution in [0.5, 0.6) is 0 Å². The molecule has 3 N–H and O–H groups in total. The van der Waals surface area contributed by atoms with Gasteiger partial charge in [0.25, 0.3) is 0 Å². The van der Waals surface area contributed by atoms with Gasteiger partial charge in [-0.2, -0.15) is 0 Å². The Morgan fingerprint density at radius 2 is 2.28 bits per heavy atom. The molecule has 0 spiro atoms. The lowest BCUT2D eigenvalue weighted by molar-refractivity contribution is -0.123. The van der Waals surface area contributed by atoms with E-state index in [1.54, 1.807) is 0 Å². The molecule has 0 fully saturated rings. The minimum absolute atomic E-state index is 0.205. The Morgan fingerprint density at radius 1 is 1.56 bits per heavy atom. The van der Waals surface area contributed by atoms with Crippen LogP contribution in [0.25, 0.3) is 0 Å². The second-order valence-electron chi connectivity index (χ2n) is 4.16. The number of nitrogens with zero attached hydrogens (tertiary/aromatic N) is 2. The molecule has 0 aliphatic rings. The second-order valence-corrected chi connectivity index (χ2v) is 4.16. The predicted molar refractivity (Wildman–Crippen MR) is 70.3 cm³/mol. The van der Waals surface area contributed by atoms with Crippen LogP contribution >= 0.6 is 0 Å². The minimum atomic E-state index is -0.646. The van der Waals surface area contributed by atoms with Crippen LogP contribution < -0.4 is 16.0 Å². The molecule has 0 saturated carbocycles. The number of hydrogen-bond acceptors (Lipinski definition) is 5. The molecule has 6 nitrogen and oxygen atoms in total. The normalized spacial score (nSPS) is 12.0. The van der Waals surface area contributed by atoms with Gasteiger partial charge in [0.05, 0.1) is 18.8 Å². The molecule has 1 rings (SSSR count). The third kappa shape index (κ3) is 4.31. The van der Waals surface area contributed by atoms with Gasteiger partial charge in [0.15, 0.2) is 0 Å². The summed E-state index contributed by atoms with van der Waals surface area (Å²) in [7, 11) is 5.34. The molecule has 1 unspecified atom stereocenters. The highest BCUT2D eigenvalue weighted by atomic mass is 16.5. The van der Waals surface area contributed by atoms with Crippen molar-refractivity contribution >= 4 is 11.7 Å². The summed E-state index contributed by atoms with van der Waals surface area (Å²) in [6, 6.07) is 5.02. The van der Waals surface area contributed by atoms with E-state index in [1.165, 1.54) is 7.11 Å². The van der Waals surface area contributed by atoms with E-state index >= 15 is 0 Å². The monoisotopic (exact) mass is 252 g/mol. The fraction of sp³-hybridized carbons (Fsp3) is 0.500. The number of methoxy groups -OCH3 is 1. The molecular weight excluding hydrogens is 232 g/mol. The molecule has 18 heavy (non-hydrogen) atoms. The largest absolute Gasteiger partial charge is 0.383 e. The van der Waals surface area contributed by atoms with E-state index in [9.17, 15) is 4.79 Å². The highest BCUT2D eigenvalue weighted by Gasteiger charge is 2.12. The Morgan fingerprint density at radius 3 is 2.89 bits per heavy atom. The van der Waals surface area contributed by atoms with E-state index in [0.717, 1.165) is 11.5 Å². The summed E-state index contributed by atoms with van der Waals surface area (Å²) in [4.78, 5) is 17.9. The van der Waals surface area contributed by atoms with Gasteiger partial charge in [-0.1, -0.05) is 6.07 Å². The second kappa shape index (κ2) is 6.93. The molecule has 100 valence electrons. The molecule has 0 aromatic carbocycles. The number of hydrogen-bond donors (Lipinski definition) is 2. The number of rotatable bonds is 6. The van der Waals surface area contributed by atoms with Gasteiger partial charge in [0.1, 0.15) is 11.9 Å². The standard InChI is InChI=1S/C12H20N4O2/c1-16(2)11-6-4-5-9(15-11)7-14-12(17)10(13)8-18-3/h4-6,10H,7-8,13H2,1-3H3,(H,14,17). The van der Waals surface area contributed by atoms with E-state index < -0.39 is 6.04 Å². The number of carbonyl (C=O) groups excluding carboxylic acids is 1. The fourth-order valence-electron chi connectivity index (χ4n) is 1.38. The van der Waals surface area contributed by atoms with E-state index in [0.29, 0.717) is 6.54 Å². The molecule has 0 radical (unpaired) electrons. The maximum Gasteiger partial charge on any atom is 0.239 e. The minimum Gasteiger partial charge on any atom is -0.383 e. The summed E-state index contributed by atoms with van der Waals surface area (Å²) in [5, 5.41) is 2.72. The molecule has 0 saturated heterocycles. The van der Waals surface area contributed by atoms with Crippen molar-refractivity contribution in [2.75, 3.05) is 32.7 Å². The zero-order valence-corrected chi connectivity index (χ0v) is 11.0. The highest BCUT2D eigenvalue weighted by Crippen LogP contribution is 2.07. The number of nitrogens with two attached hydrogens (primary N) is 1. The molecule has 1 amide bonds. The van der Waals surface area contributed by atoms with Gasteiger partial charge in [0.2, 0.25) is 5.91 Å². The molecule has 1 aromatic heterocycles. The summed E-state index contributed by atoms with van der Waals surface area (Å²) in [6.45, 7) is 0.564. The highest BCUT2D eigenvalue weighted by molar-refractivity contribution is 5.81. The molecule has 1 aromatic rings. The van der Waals surface area contributed by atoms with Gasteiger partial charge < -0.3 is 20.7 Å². The molecule has 0 bridgehead atoms. The molecule has 1 heterocycles. The topological polar surface area (TPSA) is 80.5 Å². The van der Waals surface area contributed by atoms with Crippen molar-refractivity contribution in [1.82, 2.24) is 10.3 Å². The number of amides is 1. The smallest absolute Gasteiger partial charge is 0.239 e. The first-order valence-corrected chi connectivity index (χ1v) is 5.70. The number of carbonyl (C=O) groups is 1. The first kappa shape index (κ1) is 14.4. The third-order valence-corrected chi connectivity index (χ3v) is 2.38. The van der Waals surface area contributed by atoms with Crippen molar-refractivity contribution in [3.63, 3.8) is 0 Å². The third-order valence-electron chi connectivity index (χ3n) is 2.38. The number of aromatic nitrogens is 1. The van der Waals surface area contributed by atoms with Gasteiger partial charge in [-0.05, 0) is 12.1 Å². The van der Waals surface area contributed by atoms with Gasteiger partial charge in [-0.3, -0.25) is 4.79 Å². The first-order chi connectivity index (χ1) is 8.54. The van der Waals surface area contributed by atoms with E-state index in [2.05, 4.69) is 10.3 Å². The van der Waals surface area contributed by atoms with Crippen molar-refractivity contribution < 1.29 is 9.53 Å². The Balaban J connectivity index is 2.53. The zero-order chi connectivity index (χ0) is 13.5. The van der Waals surface area contributed by atoms with Gasteiger partial charge >= 0.3 is 0 Å². The van der Waals surface area contributed by atoms with Crippen molar-refractivity contribution in [3.05, 3.63) is 23.9 Å². The molecule has 0 aliphatic heterocycles. The van der Waals surface area contributed by atoms with Crippen LogP contribution in [0.2, 0.25) is 0 Å². The van der Waals surface area contributed by atoms with Gasteiger partial charge in [-0.15, -0.1) is 0 Å². The fourth-order valence-corrected chi connectivity index (χ4v) is 1.38. The quantitative estimate of drug-likeness (QED) is 0.729. The van der Waals surface area contributed by atoms with Crippen LogP contribution in [0.3, 0.4) is 0 Å². The summed E-state index contributed by atoms with van der Waals surface area (Å²) >= 11 is 0.